The van der Waals surface area contributed by atoms with Gasteiger partial charge in [0, 0.05) is 18.6 Å². The van der Waals surface area contributed by atoms with Gasteiger partial charge >= 0.3 is 0 Å². The summed E-state index contributed by atoms with van der Waals surface area (Å²) in [5, 5.41) is 3.63. The molecule has 110 valence electrons. The van der Waals surface area contributed by atoms with Gasteiger partial charge in [0.05, 0.1) is 12.2 Å². The third-order valence-corrected chi connectivity index (χ3v) is 4.50. The predicted molar refractivity (Wildman–Crippen MR) is 79.2 cm³/mol. The molecule has 0 spiro atoms. The zero-order chi connectivity index (χ0) is 13.9. The lowest BCUT2D eigenvalue weighted by molar-refractivity contribution is 0.192. The monoisotopic (exact) mass is 276 g/mol. The summed E-state index contributed by atoms with van der Waals surface area (Å²) in [7, 11) is 0. The van der Waals surface area contributed by atoms with E-state index in [1.807, 2.05) is 13.8 Å². The van der Waals surface area contributed by atoms with Crippen LogP contribution >= 0.6 is 0 Å². The third kappa shape index (κ3) is 2.59. The molecule has 3 rings (SSSR count). The van der Waals surface area contributed by atoms with Crippen LogP contribution in [0.2, 0.25) is 0 Å². The lowest BCUT2D eigenvalue weighted by Crippen LogP contribution is -2.41. The van der Waals surface area contributed by atoms with E-state index in [4.69, 9.17) is 4.74 Å². The van der Waals surface area contributed by atoms with Gasteiger partial charge in [0.15, 0.2) is 0 Å². The molecule has 2 aliphatic rings. The molecule has 1 aromatic rings. The quantitative estimate of drug-likeness (QED) is 0.914. The van der Waals surface area contributed by atoms with Gasteiger partial charge in [-0.05, 0) is 39.7 Å². The fraction of sp³-hybridized carbons (Fsp3) is 0.733. The Labute approximate surface area is 120 Å². The molecule has 1 aromatic heterocycles. The average Bonchev–Trinajstić information content (AvgIpc) is 2.87. The van der Waals surface area contributed by atoms with E-state index in [-0.39, 0.29) is 0 Å². The molecule has 1 N–H and O–H groups in total. The van der Waals surface area contributed by atoms with Crippen LogP contribution in [-0.4, -0.2) is 46.6 Å². The minimum Gasteiger partial charge on any atom is -0.478 e. The minimum atomic E-state index is 0.512. The highest BCUT2D eigenvalue weighted by atomic mass is 16.5. The van der Waals surface area contributed by atoms with Crippen LogP contribution in [0.15, 0.2) is 6.33 Å². The Kier molecular flexibility index (Phi) is 4.05. The molecule has 0 radical (unpaired) electrons. The highest BCUT2D eigenvalue weighted by Gasteiger charge is 2.35. The number of piperidine rings is 1. The number of aromatic nitrogens is 2. The Bertz CT molecular complexity index is 465. The van der Waals surface area contributed by atoms with Crippen molar-refractivity contribution in [2.45, 2.75) is 51.6 Å². The Morgan fingerprint density at radius 2 is 2.20 bits per heavy atom. The predicted octanol–water partition coefficient (Wildman–Crippen LogP) is 2.22. The maximum atomic E-state index is 5.55. The van der Waals surface area contributed by atoms with Gasteiger partial charge in [-0.3, -0.25) is 4.90 Å². The maximum Gasteiger partial charge on any atom is 0.221 e. The van der Waals surface area contributed by atoms with Crippen LogP contribution in [0, 0.1) is 6.92 Å². The van der Waals surface area contributed by atoms with Crippen LogP contribution in [-0.2, 0) is 0 Å². The van der Waals surface area contributed by atoms with Gasteiger partial charge in [-0.15, -0.1) is 0 Å². The van der Waals surface area contributed by atoms with Gasteiger partial charge in [0.1, 0.15) is 12.1 Å². The molecule has 3 heterocycles. The Morgan fingerprint density at radius 1 is 1.30 bits per heavy atom. The van der Waals surface area contributed by atoms with Crippen LogP contribution in [0.1, 0.15) is 38.2 Å². The highest BCUT2D eigenvalue weighted by Crippen LogP contribution is 2.30. The number of nitrogens with one attached hydrogen (secondary N) is 1. The van der Waals surface area contributed by atoms with Crippen molar-refractivity contribution in [2.24, 2.45) is 0 Å². The molecule has 2 atom stereocenters. The van der Waals surface area contributed by atoms with Crippen molar-refractivity contribution in [2.75, 3.05) is 25.0 Å². The molecule has 0 aromatic carbocycles. The molecule has 2 saturated heterocycles. The van der Waals surface area contributed by atoms with Crippen molar-refractivity contribution in [1.29, 1.82) is 0 Å². The standard InChI is InChI=1S/C15H24N4O/c1-3-20-15-11(2)14(16-10-17-15)18-12-7-9-19-8-5-4-6-13(12)19/h10,12-13H,3-9H2,1-2H3,(H,16,17,18). The number of rotatable bonds is 4. The Balaban J connectivity index is 1.73. The van der Waals surface area contributed by atoms with Gasteiger partial charge in [-0.1, -0.05) is 6.42 Å². The van der Waals surface area contributed by atoms with Gasteiger partial charge in [0.25, 0.3) is 0 Å². The molecule has 20 heavy (non-hydrogen) atoms. The second-order valence-electron chi connectivity index (χ2n) is 5.72. The summed E-state index contributed by atoms with van der Waals surface area (Å²) in [6.07, 6.45) is 6.81. The largest absolute Gasteiger partial charge is 0.478 e. The zero-order valence-corrected chi connectivity index (χ0v) is 12.4. The fourth-order valence-corrected chi connectivity index (χ4v) is 3.45. The second kappa shape index (κ2) is 5.95. The Hall–Kier alpha value is -1.36. The lowest BCUT2D eigenvalue weighted by Gasteiger charge is -2.32. The molecular weight excluding hydrogens is 252 g/mol. The van der Waals surface area contributed by atoms with Crippen LogP contribution in [0.25, 0.3) is 0 Å². The van der Waals surface area contributed by atoms with E-state index >= 15 is 0 Å². The van der Waals surface area contributed by atoms with Crippen LogP contribution < -0.4 is 10.1 Å². The van der Waals surface area contributed by atoms with Gasteiger partial charge in [-0.2, -0.15) is 0 Å². The number of hydrogen-bond acceptors (Lipinski definition) is 5. The van der Waals surface area contributed by atoms with E-state index < -0.39 is 0 Å². The van der Waals surface area contributed by atoms with Gasteiger partial charge in [0.2, 0.25) is 5.88 Å². The van der Waals surface area contributed by atoms with Crippen LogP contribution in [0.3, 0.4) is 0 Å². The molecular formula is C15H24N4O. The minimum absolute atomic E-state index is 0.512. The highest BCUT2D eigenvalue weighted by molar-refractivity contribution is 5.48. The molecule has 0 saturated carbocycles. The van der Waals surface area contributed by atoms with Gasteiger partial charge in [-0.25, -0.2) is 9.97 Å². The molecule has 0 bridgehead atoms. The van der Waals surface area contributed by atoms with Crippen LogP contribution in [0.4, 0.5) is 5.82 Å². The summed E-state index contributed by atoms with van der Waals surface area (Å²) in [4.78, 5) is 11.2. The first kappa shape index (κ1) is 13.6. The number of fused-ring (bicyclic) bond motifs is 1. The maximum absolute atomic E-state index is 5.55. The molecule has 2 unspecified atom stereocenters. The zero-order valence-electron chi connectivity index (χ0n) is 12.4. The number of hydrogen-bond donors (Lipinski definition) is 1. The number of nitrogens with zero attached hydrogens (tertiary/aromatic N) is 3. The van der Waals surface area contributed by atoms with E-state index in [2.05, 4.69) is 20.2 Å². The first-order valence-corrected chi connectivity index (χ1v) is 7.74. The van der Waals surface area contributed by atoms with E-state index in [0.717, 1.165) is 11.4 Å². The van der Waals surface area contributed by atoms with Crippen molar-refractivity contribution in [3.8, 4) is 5.88 Å². The van der Waals surface area contributed by atoms with Gasteiger partial charge < -0.3 is 10.1 Å². The fourth-order valence-electron chi connectivity index (χ4n) is 3.45. The van der Waals surface area contributed by atoms with Crippen LogP contribution in [0.5, 0.6) is 5.88 Å². The molecule has 0 aliphatic carbocycles. The van der Waals surface area contributed by atoms with E-state index in [9.17, 15) is 0 Å². The van der Waals surface area contributed by atoms with Crippen molar-refractivity contribution < 1.29 is 4.74 Å². The SMILES string of the molecule is CCOc1ncnc(NC2CCN3CCCCC23)c1C. The van der Waals surface area contributed by atoms with Crippen molar-refractivity contribution in [3.05, 3.63) is 11.9 Å². The summed E-state index contributed by atoms with van der Waals surface area (Å²) < 4.78 is 5.55. The normalized spacial score (nSPS) is 26.3. The van der Waals surface area contributed by atoms with Crippen molar-refractivity contribution in [3.63, 3.8) is 0 Å². The van der Waals surface area contributed by atoms with Crippen molar-refractivity contribution >= 4 is 5.82 Å². The topological polar surface area (TPSA) is 50.3 Å². The summed E-state index contributed by atoms with van der Waals surface area (Å²) in [6.45, 7) is 7.12. The first-order valence-electron chi connectivity index (χ1n) is 7.74. The van der Waals surface area contributed by atoms with Crippen molar-refractivity contribution in [1.82, 2.24) is 14.9 Å². The Morgan fingerprint density at radius 3 is 3.05 bits per heavy atom. The van der Waals surface area contributed by atoms with E-state index in [0.29, 0.717) is 24.6 Å². The number of anilines is 1. The molecule has 2 fully saturated rings. The summed E-state index contributed by atoms with van der Waals surface area (Å²) >= 11 is 0. The third-order valence-electron chi connectivity index (χ3n) is 4.50. The number of ether oxygens (including phenoxy) is 1. The molecule has 0 amide bonds. The molecule has 2 aliphatic heterocycles. The lowest BCUT2D eigenvalue weighted by atomic mass is 9.99. The summed E-state index contributed by atoms with van der Waals surface area (Å²) in [6, 6.07) is 1.19. The molecule has 5 heteroatoms. The first-order chi connectivity index (χ1) is 9.79. The van der Waals surface area contributed by atoms with E-state index in [1.165, 1.54) is 38.8 Å². The average molecular weight is 276 g/mol. The summed E-state index contributed by atoms with van der Waals surface area (Å²) in [5.41, 5.74) is 1.02. The molecule has 5 nitrogen and oxygen atoms in total. The van der Waals surface area contributed by atoms with E-state index in [1.54, 1.807) is 6.33 Å². The second-order valence-corrected chi connectivity index (χ2v) is 5.72. The smallest absolute Gasteiger partial charge is 0.221 e. The summed E-state index contributed by atoms with van der Waals surface area (Å²) in [5.74, 6) is 1.63.